The van der Waals surface area contributed by atoms with Crippen LogP contribution < -0.4 is 0 Å². The number of hydrogen-bond acceptors (Lipinski definition) is 3. The zero-order valence-corrected chi connectivity index (χ0v) is 10.1. The lowest BCUT2D eigenvalue weighted by molar-refractivity contribution is 0.249. The third kappa shape index (κ3) is 2.70. The van der Waals surface area contributed by atoms with E-state index >= 15 is 0 Å². The zero-order valence-electron chi connectivity index (χ0n) is 9.31. The topological polar surface area (TPSA) is 61.2 Å². The van der Waals surface area contributed by atoms with Gasteiger partial charge in [-0.2, -0.15) is 5.26 Å². The van der Waals surface area contributed by atoms with Gasteiger partial charge in [-0.1, -0.05) is 13.3 Å². The number of nitriles is 1. The normalized spacial score (nSPS) is 19.6. The first kappa shape index (κ1) is 12.5. The van der Waals surface area contributed by atoms with E-state index in [1.54, 1.807) is 6.07 Å². The van der Waals surface area contributed by atoms with Gasteiger partial charge in [0.2, 0.25) is 10.0 Å². The molecule has 0 aromatic rings. The summed E-state index contributed by atoms with van der Waals surface area (Å²) in [5.41, 5.74) is 0. The molecule has 0 aromatic carbocycles. The minimum Gasteiger partial charge on any atom is -0.211 e. The maximum absolute atomic E-state index is 11.9. The summed E-state index contributed by atoms with van der Waals surface area (Å²) in [6, 6.07) is 1.80. The molecular weight excluding hydrogens is 212 g/mol. The molecule has 4 nitrogen and oxygen atoms in total. The molecule has 1 fully saturated rings. The molecule has 1 rings (SSSR count). The predicted molar refractivity (Wildman–Crippen MR) is 58.6 cm³/mol. The fourth-order valence-corrected chi connectivity index (χ4v) is 3.03. The van der Waals surface area contributed by atoms with Crippen LogP contribution in [0.5, 0.6) is 0 Å². The standard InChI is InChI=1S/C10H18N2O2S/c1-3-12(8-10-5-4-6-10)15(13,14)9(2)7-11/h9-10H,3-6,8H2,1-2H3. The van der Waals surface area contributed by atoms with Gasteiger partial charge in [0.15, 0.2) is 5.25 Å². The van der Waals surface area contributed by atoms with Crippen molar-refractivity contribution in [2.75, 3.05) is 13.1 Å². The molecule has 0 aromatic heterocycles. The van der Waals surface area contributed by atoms with Crippen LogP contribution in [0.15, 0.2) is 0 Å². The molecule has 5 heteroatoms. The lowest BCUT2D eigenvalue weighted by Gasteiger charge is -2.31. The van der Waals surface area contributed by atoms with Crippen molar-refractivity contribution in [2.24, 2.45) is 5.92 Å². The Morgan fingerprint density at radius 1 is 1.53 bits per heavy atom. The highest BCUT2D eigenvalue weighted by Crippen LogP contribution is 2.28. The first-order chi connectivity index (χ1) is 7.02. The molecule has 0 amide bonds. The number of hydrogen-bond donors (Lipinski definition) is 0. The van der Waals surface area contributed by atoms with Crippen molar-refractivity contribution in [3.8, 4) is 6.07 Å². The summed E-state index contributed by atoms with van der Waals surface area (Å²) >= 11 is 0. The summed E-state index contributed by atoms with van der Waals surface area (Å²) in [7, 11) is -3.40. The molecule has 15 heavy (non-hydrogen) atoms. The van der Waals surface area contributed by atoms with Crippen molar-refractivity contribution in [3.05, 3.63) is 0 Å². The van der Waals surface area contributed by atoms with Crippen LogP contribution in [-0.4, -0.2) is 31.1 Å². The van der Waals surface area contributed by atoms with E-state index in [0.717, 1.165) is 12.8 Å². The highest BCUT2D eigenvalue weighted by atomic mass is 32.2. The van der Waals surface area contributed by atoms with Gasteiger partial charge in [-0.05, 0) is 25.7 Å². The summed E-state index contributed by atoms with van der Waals surface area (Å²) in [6.07, 6.45) is 3.44. The highest BCUT2D eigenvalue weighted by molar-refractivity contribution is 7.89. The fraction of sp³-hybridized carbons (Fsp3) is 0.900. The molecule has 0 spiro atoms. The van der Waals surface area contributed by atoms with Crippen LogP contribution >= 0.6 is 0 Å². The van der Waals surface area contributed by atoms with E-state index in [0.29, 0.717) is 19.0 Å². The van der Waals surface area contributed by atoms with Crippen molar-refractivity contribution in [1.82, 2.24) is 4.31 Å². The maximum Gasteiger partial charge on any atom is 0.230 e. The zero-order chi connectivity index (χ0) is 11.5. The molecule has 0 heterocycles. The summed E-state index contributed by atoms with van der Waals surface area (Å²) in [5, 5.41) is 7.73. The summed E-state index contributed by atoms with van der Waals surface area (Å²) in [5.74, 6) is 0.505. The monoisotopic (exact) mass is 230 g/mol. The third-order valence-corrected chi connectivity index (χ3v) is 5.15. The van der Waals surface area contributed by atoms with Crippen LogP contribution in [0.1, 0.15) is 33.1 Å². The Hall–Kier alpha value is -0.600. The van der Waals surface area contributed by atoms with Gasteiger partial charge in [0.05, 0.1) is 6.07 Å². The van der Waals surface area contributed by atoms with Crippen molar-refractivity contribution in [2.45, 2.75) is 38.4 Å². The van der Waals surface area contributed by atoms with E-state index in [9.17, 15) is 8.42 Å². The van der Waals surface area contributed by atoms with Crippen LogP contribution in [0.25, 0.3) is 0 Å². The molecule has 86 valence electrons. The smallest absolute Gasteiger partial charge is 0.211 e. The van der Waals surface area contributed by atoms with Gasteiger partial charge in [-0.15, -0.1) is 0 Å². The van der Waals surface area contributed by atoms with Crippen LogP contribution in [-0.2, 0) is 10.0 Å². The second-order valence-electron chi connectivity index (χ2n) is 4.06. The predicted octanol–water partition coefficient (Wildman–Crippen LogP) is 1.35. The molecule has 0 aliphatic heterocycles. The summed E-state index contributed by atoms with van der Waals surface area (Å²) in [4.78, 5) is 0. The van der Waals surface area contributed by atoms with E-state index in [1.165, 1.54) is 17.6 Å². The quantitative estimate of drug-likeness (QED) is 0.716. The second-order valence-corrected chi connectivity index (χ2v) is 6.32. The molecule has 0 radical (unpaired) electrons. The van der Waals surface area contributed by atoms with Gasteiger partial charge < -0.3 is 0 Å². The van der Waals surface area contributed by atoms with E-state index in [4.69, 9.17) is 5.26 Å². The van der Waals surface area contributed by atoms with Gasteiger partial charge in [0, 0.05) is 13.1 Å². The molecule has 0 bridgehead atoms. The van der Waals surface area contributed by atoms with Crippen molar-refractivity contribution < 1.29 is 8.42 Å². The fourth-order valence-electron chi connectivity index (χ4n) is 1.67. The minimum atomic E-state index is -3.40. The van der Waals surface area contributed by atoms with Gasteiger partial charge in [0.1, 0.15) is 0 Å². The Morgan fingerprint density at radius 3 is 2.47 bits per heavy atom. The lowest BCUT2D eigenvalue weighted by Crippen LogP contribution is -2.41. The average molecular weight is 230 g/mol. The van der Waals surface area contributed by atoms with E-state index < -0.39 is 15.3 Å². The molecule has 1 aliphatic rings. The van der Waals surface area contributed by atoms with Crippen LogP contribution in [0.2, 0.25) is 0 Å². The Balaban J connectivity index is 2.68. The van der Waals surface area contributed by atoms with E-state index in [2.05, 4.69) is 0 Å². The van der Waals surface area contributed by atoms with Crippen molar-refractivity contribution in [3.63, 3.8) is 0 Å². The molecule has 0 saturated heterocycles. The molecule has 1 aliphatic carbocycles. The Kier molecular flexibility index (Phi) is 4.12. The summed E-state index contributed by atoms with van der Waals surface area (Å²) < 4.78 is 25.2. The van der Waals surface area contributed by atoms with Crippen molar-refractivity contribution >= 4 is 10.0 Å². The van der Waals surface area contributed by atoms with E-state index in [1.807, 2.05) is 6.92 Å². The number of rotatable bonds is 5. The molecule has 0 N–H and O–H groups in total. The SMILES string of the molecule is CCN(CC1CCC1)S(=O)(=O)C(C)C#N. The molecule has 1 atom stereocenters. The lowest BCUT2D eigenvalue weighted by atomic mass is 9.85. The first-order valence-electron chi connectivity index (χ1n) is 5.41. The Bertz CT molecular complexity index is 341. The molecule has 1 unspecified atom stereocenters. The van der Waals surface area contributed by atoms with Gasteiger partial charge in [0.25, 0.3) is 0 Å². The Labute approximate surface area is 91.9 Å². The van der Waals surface area contributed by atoms with Crippen LogP contribution in [0.3, 0.4) is 0 Å². The minimum absolute atomic E-state index is 0.463. The Morgan fingerprint density at radius 2 is 2.13 bits per heavy atom. The van der Waals surface area contributed by atoms with E-state index in [-0.39, 0.29) is 0 Å². The van der Waals surface area contributed by atoms with Gasteiger partial charge in [-0.25, -0.2) is 12.7 Å². The average Bonchev–Trinajstić information content (AvgIpc) is 2.14. The number of nitrogens with zero attached hydrogens (tertiary/aromatic N) is 2. The second kappa shape index (κ2) is 4.95. The van der Waals surface area contributed by atoms with Crippen LogP contribution in [0, 0.1) is 17.2 Å². The van der Waals surface area contributed by atoms with Crippen LogP contribution in [0.4, 0.5) is 0 Å². The summed E-state index contributed by atoms with van der Waals surface area (Å²) in [6.45, 7) is 4.31. The maximum atomic E-state index is 11.9. The number of sulfonamides is 1. The van der Waals surface area contributed by atoms with Gasteiger partial charge in [-0.3, -0.25) is 0 Å². The molecular formula is C10H18N2O2S. The molecule has 1 saturated carbocycles. The third-order valence-electron chi connectivity index (χ3n) is 3.03. The van der Waals surface area contributed by atoms with Crippen molar-refractivity contribution in [1.29, 1.82) is 5.26 Å². The largest absolute Gasteiger partial charge is 0.230 e. The van der Waals surface area contributed by atoms with Gasteiger partial charge >= 0.3 is 0 Å². The highest BCUT2D eigenvalue weighted by Gasteiger charge is 2.31. The first-order valence-corrected chi connectivity index (χ1v) is 6.91.